The van der Waals surface area contributed by atoms with E-state index in [9.17, 15) is 4.39 Å². The number of fused-ring (bicyclic) bond motifs is 1. The molecule has 2 N–H and O–H groups in total. The van der Waals surface area contributed by atoms with Gasteiger partial charge in [-0.15, -0.1) is 0 Å². The molecule has 4 heteroatoms. The SMILES string of the molecule is COCCC1CNc2cc(F)c(C)cc2N1. The molecule has 0 radical (unpaired) electrons. The van der Waals surface area contributed by atoms with Gasteiger partial charge in [0.2, 0.25) is 0 Å². The number of anilines is 2. The molecule has 0 saturated heterocycles. The van der Waals surface area contributed by atoms with Crippen LogP contribution in [0.25, 0.3) is 0 Å². The average Bonchev–Trinajstić information content (AvgIpc) is 2.28. The van der Waals surface area contributed by atoms with E-state index in [1.807, 2.05) is 6.07 Å². The molecule has 1 aromatic rings. The number of benzene rings is 1. The van der Waals surface area contributed by atoms with E-state index in [2.05, 4.69) is 10.6 Å². The smallest absolute Gasteiger partial charge is 0.128 e. The number of nitrogens with one attached hydrogen (secondary N) is 2. The summed E-state index contributed by atoms with van der Waals surface area (Å²) in [6.45, 7) is 3.31. The normalized spacial score (nSPS) is 18.6. The van der Waals surface area contributed by atoms with Crippen molar-refractivity contribution in [2.45, 2.75) is 19.4 Å². The molecule has 88 valence electrons. The van der Waals surface area contributed by atoms with Gasteiger partial charge in [-0.3, -0.25) is 0 Å². The van der Waals surface area contributed by atoms with Crippen molar-refractivity contribution in [2.24, 2.45) is 0 Å². The summed E-state index contributed by atoms with van der Waals surface area (Å²) in [7, 11) is 1.70. The van der Waals surface area contributed by atoms with Gasteiger partial charge in [-0.05, 0) is 31.0 Å². The molecular weight excluding hydrogens is 207 g/mol. The van der Waals surface area contributed by atoms with Crippen molar-refractivity contribution in [1.82, 2.24) is 0 Å². The Hall–Kier alpha value is -1.29. The van der Waals surface area contributed by atoms with Gasteiger partial charge in [0.15, 0.2) is 0 Å². The minimum Gasteiger partial charge on any atom is -0.385 e. The van der Waals surface area contributed by atoms with Crippen molar-refractivity contribution in [3.63, 3.8) is 0 Å². The Morgan fingerprint density at radius 1 is 1.44 bits per heavy atom. The average molecular weight is 224 g/mol. The molecule has 2 rings (SSSR count). The molecule has 1 aromatic carbocycles. The molecule has 1 aliphatic rings. The van der Waals surface area contributed by atoms with Crippen LogP contribution in [0, 0.1) is 12.7 Å². The number of aryl methyl sites for hydroxylation is 1. The third-order valence-corrected chi connectivity index (χ3v) is 2.87. The van der Waals surface area contributed by atoms with Gasteiger partial charge in [-0.2, -0.15) is 0 Å². The van der Waals surface area contributed by atoms with E-state index in [-0.39, 0.29) is 5.82 Å². The number of rotatable bonds is 3. The molecular formula is C12H17FN2O. The summed E-state index contributed by atoms with van der Waals surface area (Å²) in [6, 6.07) is 3.73. The maximum atomic E-state index is 13.3. The molecule has 3 nitrogen and oxygen atoms in total. The standard InChI is InChI=1S/C12H17FN2O/c1-8-5-12-11(6-10(8)13)14-7-9(15-12)3-4-16-2/h5-6,9,14-15H,3-4,7H2,1-2H3. The first-order valence-corrected chi connectivity index (χ1v) is 5.50. The highest BCUT2D eigenvalue weighted by molar-refractivity contribution is 5.72. The molecule has 1 heterocycles. The predicted octanol–water partition coefficient (Wildman–Crippen LogP) is 2.38. The van der Waals surface area contributed by atoms with Gasteiger partial charge in [0.05, 0.1) is 11.4 Å². The van der Waals surface area contributed by atoms with Gasteiger partial charge >= 0.3 is 0 Å². The van der Waals surface area contributed by atoms with Crippen molar-refractivity contribution in [1.29, 1.82) is 0 Å². The van der Waals surface area contributed by atoms with E-state index in [1.165, 1.54) is 0 Å². The lowest BCUT2D eigenvalue weighted by atomic mass is 10.1. The number of halogens is 1. The quantitative estimate of drug-likeness (QED) is 0.827. The van der Waals surface area contributed by atoms with E-state index >= 15 is 0 Å². The molecule has 1 unspecified atom stereocenters. The summed E-state index contributed by atoms with van der Waals surface area (Å²) in [5.74, 6) is -0.164. The summed E-state index contributed by atoms with van der Waals surface area (Å²) >= 11 is 0. The second-order valence-electron chi connectivity index (χ2n) is 4.15. The van der Waals surface area contributed by atoms with Gasteiger partial charge in [-0.25, -0.2) is 4.39 Å². The topological polar surface area (TPSA) is 33.3 Å². The Morgan fingerprint density at radius 2 is 2.25 bits per heavy atom. The lowest BCUT2D eigenvalue weighted by Gasteiger charge is -2.28. The first kappa shape index (κ1) is 11.2. The summed E-state index contributed by atoms with van der Waals surface area (Å²) in [5.41, 5.74) is 2.49. The third-order valence-electron chi connectivity index (χ3n) is 2.87. The lowest BCUT2D eigenvalue weighted by molar-refractivity contribution is 0.190. The van der Waals surface area contributed by atoms with Crippen molar-refractivity contribution >= 4 is 11.4 Å². The Balaban J connectivity index is 2.11. The number of ether oxygens (including phenoxy) is 1. The lowest BCUT2D eigenvalue weighted by Crippen LogP contribution is -2.34. The summed E-state index contributed by atoms with van der Waals surface area (Å²) < 4.78 is 18.4. The van der Waals surface area contributed by atoms with Gasteiger partial charge < -0.3 is 15.4 Å². The first-order chi connectivity index (χ1) is 7.70. The fraction of sp³-hybridized carbons (Fsp3) is 0.500. The summed E-state index contributed by atoms with van der Waals surface area (Å²) in [6.07, 6.45) is 0.944. The molecule has 0 aliphatic carbocycles. The van der Waals surface area contributed by atoms with Crippen LogP contribution < -0.4 is 10.6 Å². The zero-order valence-electron chi connectivity index (χ0n) is 9.64. The van der Waals surface area contributed by atoms with E-state index in [4.69, 9.17) is 4.74 Å². The Kier molecular flexibility index (Phi) is 3.29. The molecule has 0 amide bonds. The third kappa shape index (κ3) is 2.27. The maximum Gasteiger partial charge on any atom is 0.128 e. The number of methoxy groups -OCH3 is 1. The fourth-order valence-electron chi connectivity index (χ4n) is 1.89. The van der Waals surface area contributed by atoms with Gasteiger partial charge in [0, 0.05) is 26.3 Å². The molecule has 1 atom stereocenters. The Bertz CT molecular complexity index is 382. The largest absolute Gasteiger partial charge is 0.385 e. The van der Waals surface area contributed by atoms with Crippen LogP contribution in [0.4, 0.5) is 15.8 Å². The Morgan fingerprint density at radius 3 is 3.00 bits per heavy atom. The zero-order valence-corrected chi connectivity index (χ0v) is 9.64. The predicted molar refractivity (Wildman–Crippen MR) is 63.5 cm³/mol. The van der Waals surface area contributed by atoms with E-state index in [0.29, 0.717) is 11.6 Å². The van der Waals surface area contributed by atoms with Crippen LogP contribution in [0.3, 0.4) is 0 Å². The second-order valence-corrected chi connectivity index (χ2v) is 4.15. The van der Waals surface area contributed by atoms with Gasteiger partial charge in [0.25, 0.3) is 0 Å². The molecule has 0 spiro atoms. The monoisotopic (exact) mass is 224 g/mol. The van der Waals surface area contributed by atoms with E-state index in [0.717, 1.165) is 30.9 Å². The van der Waals surface area contributed by atoms with Crippen LogP contribution in [-0.2, 0) is 4.74 Å². The highest BCUT2D eigenvalue weighted by atomic mass is 19.1. The van der Waals surface area contributed by atoms with Crippen LogP contribution in [0.1, 0.15) is 12.0 Å². The van der Waals surface area contributed by atoms with Crippen LogP contribution in [0.15, 0.2) is 12.1 Å². The zero-order chi connectivity index (χ0) is 11.5. The molecule has 0 bridgehead atoms. The van der Waals surface area contributed by atoms with Gasteiger partial charge in [0.1, 0.15) is 5.82 Å². The van der Waals surface area contributed by atoms with Crippen LogP contribution in [-0.4, -0.2) is 26.3 Å². The van der Waals surface area contributed by atoms with Gasteiger partial charge in [-0.1, -0.05) is 0 Å². The summed E-state index contributed by atoms with van der Waals surface area (Å²) in [5, 5.41) is 6.62. The Labute approximate surface area is 95.0 Å². The molecule has 0 aromatic heterocycles. The van der Waals surface area contributed by atoms with Crippen LogP contribution >= 0.6 is 0 Å². The molecule has 16 heavy (non-hydrogen) atoms. The van der Waals surface area contributed by atoms with E-state index < -0.39 is 0 Å². The number of hydrogen-bond donors (Lipinski definition) is 2. The van der Waals surface area contributed by atoms with Crippen LogP contribution in [0.2, 0.25) is 0 Å². The number of hydrogen-bond acceptors (Lipinski definition) is 3. The highest BCUT2D eigenvalue weighted by Crippen LogP contribution is 2.29. The van der Waals surface area contributed by atoms with Crippen molar-refractivity contribution in [3.05, 3.63) is 23.5 Å². The maximum absolute atomic E-state index is 13.3. The highest BCUT2D eigenvalue weighted by Gasteiger charge is 2.18. The summed E-state index contributed by atoms with van der Waals surface area (Å²) in [4.78, 5) is 0. The minimum atomic E-state index is -0.164. The van der Waals surface area contributed by atoms with E-state index in [1.54, 1.807) is 20.1 Å². The fourth-order valence-corrected chi connectivity index (χ4v) is 1.89. The van der Waals surface area contributed by atoms with Crippen molar-refractivity contribution in [2.75, 3.05) is 30.9 Å². The second kappa shape index (κ2) is 4.70. The van der Waals surface area contributed by atoms with Crippen LogP contribution in [0.5, 0.6) is 0 Å². The molecule has 0 saturated carbocycles. The first-order valence-electron chi connectivity index (χ1n) is 5.50. The van der Waals surface area contributed by atoms with Crippen molar-refractivity contribution < 1.29 is 9.13 Å². The van der Waals surface area contributed by atoms with Crippen molar-refractivity contribution in [3.8, 4) is 0 Å². The molecule has 1 aliphatic heterocycles. The minimum absolute atomic E-state index is 0.164. The molecule has 0 fully saturated rings.